The summed E-state index contributed by atoms with van der Waals surface area (Å²) in [5.41, 5.74) is 1.74. The second kappa shape index (κ2) is 5.06. The Morgan fingerprint density at radius 3 is 2.80 bits per heavy atom. The van der Waals surface area contributed by atoms with Gasteiger partial charge in [0.1, 0.15) is 16.8 Å². The molecule has 0 radical (unpaired) electrons. The molecule has 0 aliphatic heterocycles. The van der Waals surface area contributed by atoms with Gasteiger partial charge in [0.25, 0.3) is 0 Å². The number of hydrogen-bond acceptors (Lipinski definition) is 4. The van der Waals surface area contributed by atoms with Gasteiger partial charge in [-0.2, -0.15) is 14.9 Å². The summed E-state index contributed by atoms with van der Waals surface area (Å²) < 4.78 is 1.58. The van der Waals surface area contributed by atoms with Crippen molar-refractivity contribution in [2.24, 2.45) is 0 Å². The minimum absolute atomic E-state index is 0.411. The molecule has 0 spiro atoms. The van der Waals surface area contributed by atoms with Gasteiger partial charge in [-0.1, -0.05) is 47.5 Å². The number of halogens is 2. The molecule has 0 unspecified atom stereocenters. The molecule has 7 heteroatoms. The molecule has 3 rings (SSSR count). The summed E-state index contributed by atoms with van der Waals surface area (Å²) in [5, 5.41) is 15.6. The summed E-state index contributed by atoms with van der Waals surface area (Å²) in [6, 6.07) is 7.35. The number of hydrogen-bond donors (Lipinski definition) is 0. The van der Waals surface area contributed by atoms with E-state index >= 15 is 0 Å². The van der Waals surface area contributed by atoms with Gasteiger partial charge >= 0.3 is 0 Å². The fourth-order valence-electron chi connectivity index (χ4n) is 1.88. The van der Waals surface area contributed by atoms with Crippen LogP contribution in [0.25, 0.3) is 16.2 Å². The predicted molar refractivity (Wildman–Crippen MR) is 80.4 cm³/mol. The lowest BCUT2D eigenvalue weighted by molar-refractivity contribution is 0.899. The van der Waals surface area contributed by atoms with Gasteiger partial charge in [-0.15, -0.1) is 0 Å². The highest BCUT2D eigenvalue weighted by Crippen LogP contribution is 2.31. The first-order valence-electron chi connectivity index (χ1n) is 5.88. The van der Waals surface area contributed by atoms with Crippen molar-refractivity contribution < 1.29 is 0 Å². The van der Waals surface area contributed by atoms with E-state index < -0.39 is 0 Å². The summed E-state index contributed by atoms with van der Waals surface area (Å²) in [4.78, 5) is 5.20. The molecule has 0 saturated carbocycles. The molecule has 100 valence electrons. The van der Waals surface area contributed by atoms with Crippen molar-refractivity contribution in [3.05, 3.63) is 38.9 Å². The van der Waals surface area contributed by atoms with Gasteiger partial charge < -0.3 is 0 Å². The lowest BCUT2D eigenvalue weighted by atomic mass is 10.1. The molecule has 0 amide bonds. The maximum Gasteiger partial charge on any atom is 0.214 e. The van der Waals surface area contributed by atoms with Crippen LogP contribution in [0.4, 0.5) is 0 Å². The van der Waals surface area contributed by atoms with E-state index in [0.717, 1.165) is 17.0 Å². The van der Waals surface area contributed by atoms with Gasteiger partial charge in [0.05, 0.1) is 10.0 Å². The van der Waals surface area contributed by atoms with Crippen LogP contribution in [0, 0.1) is 11.3 Å². The van der Waals surface area contributed by atoms with E-state index in [0.29, 0.717) is 26.4 Å². The monoisotopic (exact) mass is 322 g/mol. The van der Waals surface area contributed by atoms with Gasteiger partial charge in [0.2, 0.25) is 4.96 Å². The van der Waals surface area contributed by atoms with E-state index in [4.69, 9.17) is 23.2 Å². The Hall–Kier alpha value is -1.61. The number of nitrogens with zero attached hydrogens (tertiary/aromatic N) is 4. The fraction of sp³-hybridized carbons (Fsp3) is 0.154. The maximum absolute atomic E-state index is 9.37. The van der Waals surface area contributed by atoms with Gasteiger partial charge in [-0.25, -0.2) is 4.98 Å². The number of rotatable bonds is 2. The van der Waals surface area contributed by atoms with Crippen LogP contribution in [0.5, 0.6) is 0 Å². The van der Waals surface area contributed by atoms with Gasteiger partial charge in [-0.05, 0) is 18.6 Å². The summed E-state index contributed by atoms with van der Waals surface area (Å²) in [6.45, 7) is 2.02. The summed E-state index contributed by atoms with van der Waals surface area (Å²) in [5.74, 6) is 0. The highest BCUT2D eigenvalue weighted by atomic mass is 35.5. The minimum atomic E-state index is 0.411. The number of benzene rings is 1. The first-order valence-corrected chi connectivity index (χ1v) is 7.45. The third kappa shape index (κ3) is 2.06. The quantitative estimate of drug-likeness (QED) is 0.710. The first-order chi connectivity index (χ1) is 9.63. The molecule has 0 aliphatic rings. The Morgan fingerprint density at radius 2 is 2.15 bits per heavy atom. The van der Waals surface area contributed by atoms with Gasteiger partial charge in [0.15, 0.2) is 5.69 Å². The van der Waals surface area contributed by atoms with Crippen molar-refractivity contribution in [2.75, 3.05) is 0 Å². The lowest BCUT2D eigenvalue weighted by Crippen LogP contribution is -1.92. The van der Waals surface area contributed by atoms with E-state index in [1.54, 1.807) is 22.7 Å². The van der Waals surface area contributed by atoms with Crippen molar-refractivity contribution in [1.82, 2.24) is 14.6 Å². The molecule has 3 aromatic rings. The Balaban J connectivity index is 2.23. The van der Waals surface area contributed by atoms with Crippen LogP contribution in [0.15, 0.2) is 18.2 Å². The Morgan fingerprint density at radius 1 is 1.35 bits per heavy atom. The van der Waals surface area contributed by atoms with Crippen LogP contribution in [0.1, 0.15) is 17.6 Å². The standard InChI is InChI=1S/C13H8Cl2N4S/c1-2-11-18-19-10(6-16)12(17-13(19)20-11)7-3-4-8(14)9(15)5-7/h3-5H,2H2,1H3. The van der Waals surface area contributed by atoms with Crippen molar-refractivity contribution in [1.29, 1.82) is 5.26 Å². The number of imidazole rings is 1. The van der Waals surface area contributed by atoms with Gasteiger partial charge in [-0.3, -0.25) is 0 Å². The molecular formula is C13H8Cl2N4S. The smallest absolute Gasteiger partial charge is 0.214 e. The molecule has 0 bridgehead atoms. The van der Waals surface area contributed by atoms with Crippen molar-refractivity contribution in [3.63, 3.8) is 0 Å². The number of aromatic nitrogens is 3. The van der Waals surface area contributed by atoms with Crippen LogP contribution in [0.2, 0.25) is 10.0 Å². The topological polar surface area (TPSA) is 54.0 Å². The molecule has 2 aromatic heterocycles. The third-order valence-electron chi connectivity index (χ3n) is 2.85. The average Bonchev–Trinajstić information content (AvgIpc) is 2.98. The summed E-state index contributed by atoms with van der Waals surface area (Å²) >= 11 is 13.4. The van der Waals surface area contributed by atoms with Crippen LogP contribution in [-0.4, -0.2) is 14.6 Å². The van der Waals surface area contributed by atoms with Crippen molar-refractivity contribution in [3.8, 4) is 17.3 Å². The van der Waals surface area contributed by atoms with E-state index in [1.807, 2.05) is 6.92 Å². The zero-order chi connectivity index (χ0) is 14.3. The second-order valence-corrected chi connectivity index (χ2v) is 5.95. The van der Waals surface area contributed by atoms with Crippen molar-refractivity contribution >= 4 is 39.5 Å². The van der Waals surface area contributed by atoms with Crippen LogP contribution in [0.3, 0.4) is 0 Å². The molecule has 4 nitrogen and oxygen atoms in total. The van der Waals surface area contributed by atoms with E-state index in [1.165, 1.54) is 11.3 Å². The zero-order valence-corrected chi connectivity index (χ0v) is 12.7. The minimum Gasteiger partial charge on any atom is -0.216 e. The largest absolute Gasteiger partial charge is 0.216 e. The van der Waals surface area contributed by atoms with Crippen molar-refractivity contribution in [2.45, 2.75) is 13.3 Å². The van der Waals surface area contributed by atoms with Crippen LogP contribution >= 0.6 is 34.5 Å². The number of aryl methyl sites for hydroxylation is 1. The molecule has 0 fully saturated rings. The molecule has 0 saturated heterocycles. The van der Waals surface area contributed by atoms with Crippen LogP contribution < -0.4 is 0 Å². The normalized spacial score (nSPS) is 10.9. The molecule has 20 heavy (non-hydrogen) atoms. The first kappa shape index (κ1) is 13.4. The molecular weight excluding hydrogens is 315 g/mol. The molecule has 0 aliphatic carbocycles. The Kier molecular flexibility index (Phi) is 3.38. The maximum atomic E-state index is 9.37. The SMILES string of the molecule is CCc1nn2c(C#N)c(-c3ccc(Cl)c(Cl)c3)nc2s1. The molecule has 1 aromatic carbocycles. The van der Waals surface area contributed by atoms with Gasteiger partial charge in [0, 0.05) is 5.56 Å². The van der Waals surface area contributed by atoms with E-state index in [-0.39, 0.29) is 0 Å². The fourth-order valence-corrected chi connectivity index (χ4v) is 3.01. The summed E-state index contributed by atoms with van der Waals surface area (Å²) in [6.07, 6.45) is 0.820. The highest BCUT2D eigenvalue weighted by Gasteiger charge is 2.18. The van der Waals surface area contributed by atoms with E-state index in [2.05, 4.69) is 16.2 Å². The highest BCUT2D eigenvalue weighted by molar-refractivity contribution is 7.16. The average molecular weight is 323 g/mol. The Bertz CT molecular complexity index is 844. The molecule has 2 heterocycles. The molecule has 0 atom stereocenters. The number of fused-ring (bicyclic) bond motifs is 1. The predicted octanol–water partition coefficient (Wildman–Crippen LogP) is 4.20. The second-order valence-electron chi connectivity index (χ2n) is 4.09. The molecule has 0 N–H and O–H groups in total. The van der Waals surface area contributed by atoms with E-state index in [9.17, 15) is 5.26 Å². The third-order valence-corrected chi connectivity index (χ3v) is 4.64. The number of nitriles is 1. The Labute approximate surface area is 129 Å². The van der Waals surface area contributed by atoms with Crippen LogP contribution in [-0.2, 0) is 6.42 Å². The summed E-state index contributed by atoms with van der Waals surface area (Å²) in [7, 11) is 0. The zero-order valence-electron chi connectivity index (χ0n) is 10.4. The lowest BCUT2D eigenvalue weighted by Gasteiger charge is -2.00.